The number of aryl methyl sites for hydroxylation is 1. The molecule has 0 radical (unpaired) electrons. The van der Waals surface area contributed by atoms with Gasteiger partial charge in [0.15, 0.2) is 0 Å². The lowest BCUT2D eigenvalue weighted by molar-refractivity contribution is 0.309. The minimum atomic E-state index is 0.714. The molecule has 0 aliphatic rings. The van der Waals surface area contributed by atoms with Crippen molar-refractivity contribution in [2.24, 2.45) is 0 Å². The lowest BCUT2D eigenvalue weighted by Crippen LogP contribution is -2.12. The van der Waals surface area contributed by atoms with Crippen LogP contribution in [-0.4, -0.2) is 11.8 Å². The van der Waals surface area contributed by atoms with E-state index >= 15 is 0 Å². The van der Waals surface area contributed by atoms with Crippen molar-refractivity contribution in [2.75, 3.05) is 6.61 Å². The summed E-state index contributed by atoms with van der Waals surface area (Å²) in [4.78, 5) is 0. The molecule has 20 heavy (non-hydrogen) atoms. The van der Waals surface area contributed by atoms with E-state index < -0.39 is 0 Å². The fourth-order valence-electron chi connectivity index (χ4n) is 1.87. The number of hydrogen-bond acceptors (Lipinski definition) is 4. The first-order chi connectivity index (χ1) is 9.78. The van der Waals surface area contributed by atoms with Crippen LogP contribution >= 0.6 is 0 Å². The van der Waals surface area contributed by atoms with Crippen LogP contribution in [-0.2, 0) is 13.1 Å². The van der Waals surface area contributed by atoms with E-state index in [1.165, 1.54) is 5.56 Å². The van der Waals surface area contributed by atoms with Crippen LogP contribution < -0.4 is 10.1 Å². The van der Waals surface area contributed by atoms with E-state index in [2.05, 4.69) is 29.5 Å². The molecule has 0 spiro atoms. The third-order valence-corrected chi connectivity index (χ3v) is 3.00. The number of nitrogens with zero attached hydrogens (tertiary/aromatic N) is 1. The molecule has 1 heterocycles. The molecule has 0 saturated heterocycles. The van der Waals surface area contributed by atoms with Gasteiger partial charge in [0, 0.05) is 19.2 Å². The SMILES string of the molecule is CCCCOc1ccc(CNCc2cc(C)on2)cc1. The molecule has 2 rings (SSSR count). The van der Waals surface area contributed by atoms with Crippen LogP contribution in [0.25, 0.3) is 0 Å². The van der Waals surface area contributed by atoms with Crippen molar-refractivity contribution >= 4 is 0 Å². The zero-order chi connectivity index (χ0) is 14.2. The van der Waals surface area contributed by atoms with Crippen molar-refractivity contribution in [1.82, 2.24) is 10.5 Å². The smallest absolute Gasteiger partial charge is 0.133 e. The van der Waals surface area contributed by atoms with Crippen molar-refractivity contribution in [1.29, 1.82) is 0 Å². The van der Waals surface area contributed by atoms with Crippen LogP contribution in [0.15, 0.2) is 34.9 Å². The van der Waals surface area contributed by atoms with Gasteiger partial charge in [0.05, 0.1) is 12.3 Å². The molecule has 2 aromatic rings. The van der Waals surface area contributed by atoms with Crippen molar-refractivity contribution in [2.45, 2.75) is 39.8 Å². The van der Waals surface area contributed by atoms with Gasteiger partial charge in [-0.05, 0) is 31.0 Å². The molecule has 0 fully saturated rings. The molecule has 1 aromatic heterocycles. The summed E-state index contributed by atoms with van der Waals surface area (Å²) in [5, 5.41) is 7.29. The van der Waals surface area contributed by atoms with E-state index in [9.17, 15) is 0 Å². The monoisotopic (exact) mass is 274 g/mol. The first-order valence-electron chi connectivity index (χ1n) is 7.12. The Hall–Kier alpha value is -1.81. The van der Waals surface area contributed by atoms with Gasteiger partial charge in [-0.25, -0.2) is 0 Å². The van der Waals surface area contributed by atoms with E-state index in [1.54, 1.807) is 0 Å². The maximum absolute atomic E-state index is 5.64. The molecule has 0 aliphatic heterocycles. The van der Waals surface area contributed by atoms with E-state index in [-0.39, 0.29) is 0 Å². The maximum Gasteiger partial charge on any atom is 0.133 e. The van der Waals surface area contributed by atoms with Gasteiger partial charge in [-0.15, -0.1) is 0 Å². The molecule has 0 saturated carbocycles. The predicted octanol–water partition coefficient (Wildman–Crippen LogP) is 3.45. The predicted molar refractivity (Wildman–Crippen MR) is 78.6 cm³/mol. The van der Waals surface area contributed by atoms with Gasteiger partial charge in [-0.1, -0.05) is 30.6 Å². The number of hydrogen-bond donors (Lipinski definition) is 1. The molecule has 1 aromatic carbocycles. The number of aromatic nitrogens is 1. The van der Waals surface area contributed by atoms with Gasteiger partial charge in [-0.3, -0.25) is 0 Å². The Bertz CT molecular complexity index is 505. The largest absolute Gasteiger partial charge is 0.494 e. The summed E-state index contributed by atoms with van der Waals surface area (Å²) in [6.07, 6.45) is 2.25. The molecule has 1 N–H and O–H groups in total. The number of rotatable bonds is 8. The maximum atomic E-state index is 5.64. The molecule has 0 atom stereocenters. The number of nitrogens with one attached hydrogen (secondary N) is 1. The van der Waals surface area contributed by atoms with Gasteiger partial charge in [-0.2, -0.15) is 0 Å². The Morgan fingerprint density at radius 1 is 1.20 bits per heavy atom. The highest BCUT2D eigenvalue weighted by Crippen LogP contribution is 2.12. The van der Waals surface area contributed by atoms with Crippen LogP contribution in [0.5, 0.6) is 5.75 Å². The zero-order valence-corrected chi connectivity index (χ0v) is 12.2. The first-order valence-corrected chi connectivity index (χ1v) is 7.12. The second kappa shape index (κ2) is 7.70. The minimum Gasteiger partial charge on any atom is -0.494 e. The Balaban J connectivity index is 1.73. The molecule has 0 unspecified atom stereocenters. The summed E-state index contributed by atoms with van der Waals surface area (Å²) in [6, 6.07) is 10.2. The Labute approximate surface area is 120 Å². The molecule has 4 nitrogen and oxygen atoms in total. The molecule has 4 heteroatoms. The fraction of sp³-hybridized carbons (Fsp3) is 0.438. The van der Waals surface area contributed by atoms with Gasteiger partial charge in [0.1, 0.15) is 11.5 Å². The summed E-state index contributed by atoms with van der Waals surface area (Å²) in [6.45, 7) is 6.37. The molecular formula is C16H22N2O2. The van der Waals surface area contributed by atoms with Crippen molar-refractivity contribution < 1.29 is 9.26 Å². The molecule has 0 bridgehead atoms. The summed E-state index contributed by atoms with van der Waals surface area (Å²) < 4.78 is 10.7. The van der Waals surface area contributed by atoms with Gasteiger partial charge >= 0.3 is 0 Å². The quantitative estimate of drug-likeness (QED) is 0.749. The molecule has 108 valence electrons. The highest BCUT2D eigenvalue weighted by Gasteiger charge is 2.00. The van der Waals surface area contributed by atoms with Crippen molar-refractivity contribution in [3.8, 4) is 5.75 Å². The van der Waals surface area contributed by atoms with Crippen LogP contribution in [0.3, 0.4) is 0 Å². The summed E-state index contributed by atoms with van der Waals surface area (Å²) in [7, 11) is 0. The van der Waals surface area contributed by atoms with Crippen LogP contribution in [0, 0.1) is 6.92 Å². The third-order valence-electron chi connectivity index (χ3n) is 3.00. The molecule has 0 aliphatic carbocycles. The zero-order valence-electron chi connectivity index (χ0n) is 12.2. The fourth-order valence-corrected chi connectivity index (χ4v) is 1.87. The number of benzene rings is 1. The topological polar surface area (TPSA) is 47.3 Å². The highest BCUT2D eigenvalue weighted by atomic mass is 16.5. The second-order valence-corrected chi connectivity index (χ2v) is 4.88. The van der Waals surface area contributed by atoms with E-state index in [0.29, 0.717) is 6.54 Å². The summed E-state index contributed by atoms with van der Waals surface area (Å²) in [5.41, 5.74) is 2.16. The first kappa shape index (κ1) is 14.6. The lowest BCUT2D eigenvalue weighted by Gasteiger charge is -2.07. The van der Waals surface area contributed by atoms with Gasteiger partial charge in [0.2, 0.25) is 0 Å². The van der Waals surface area contributed by atoms with Crippen molar-refractivity contribution in [3.63, 3.8) is 0 Å². The van der Waals surface area contributed by atoms with E-state index in [4.69, 9.17) is 9.26 Å². The number of unbranched alkanes of at least 4 members (excludes halogenated alkanes) is 1. The van der Waals surface area contributed by atoms with E-state index in [0.717, 1.165) is 43.2 Å². The highest BCUT2D eigenvalue weighted by molar-refractivity contribution is 5.27. The normalized spacial score (nSPS) is 10.7. The average Bonchev–Trinajstić information content (AvgIpc) is 2.87. The van der Waals surface area contributed by atoms with E-state index in [1.807, 2.05) is 25.1 Å². The van der Waals surface area contributed by atoms with Crippen molar-refractivity contribution in [3.05, 3.63) is 47.3 Å². The number of ether oxygens (including phenoxy) is 1. The van der Waals surface area contributed by atoms with Crippen LogP contribution in [0.1, 0.15) is 36.8 Å². The van der Waals surface area contributed by atoms with Gasteiger partial charge < -0.3 is 14.6 Å². The average molecular weight is 274 g/mol. The molecular weight excluding hydrogens is 252 g/mol. The van der Waals surface area contributed by atoms with Crippen LogP contribution in [0.2, 0.25) is 0 Å². The minimum absolute atomic E-state index is 0.714. The molecule has 0 amide bonds. The Morgan fingerprint density at radius 2 is 2.00 bits per heavy atom. The van der Waals surface area contributed by atoms with Gasteiger partial charge in [0.25, 0.3) is 0 Å². The second-order valence-electron chi connectivity index (χ2n) is 4.88. The summed E-state index contributed by atoms with van der Waals surface area (Å²) >= 11 is 0. The third kappa shape index (κ3) is 4.70. The lowest BCUT2D eigenvalue weighted by atomic mass is 10.2. The standard InChI is InChI=1S/C16H22N2O2/c1-3-4-9-19-16-7-5-14(6-8-16)11-17-12-15-10-13(2)20-18-15/h5-8,10,17H,3-4,9,11-12H2,1-2H3. The summed E-state index contributed by atoms with van der Waals surface area (Å²) in [5.74, 6) is 1.78. The van der Waals surface area contributed by atoms with Crippen LogP contribution in [0.4, 0.5) is 0 Å². The Morgan fingerprint density at radius 3 is 2.65 bits per heavy atom. The Kier molecular flexibility index (Phi) is 5.62.